The highest BCUT2D eigenvalue weighted by atomic mass is 35.5. The molecule has 0 aliphatic carbocycles. The van der Waals surface area contributed by atoms with E-state index in [1.165, 1.54) is 0 Å². The third kappa shape index (κ3) is 4.05. The van der Waals surface area contributed by atoms with Gasteiger partial charge < -0.3 is 10.1 Å². The van der Waals surface area contributed by atoms with Crippen molar-refractivity contribution in [1.82, 2.24) is 10.2 Å². The molecule has 1 aromatic heterocycles. The maximum atomic E-state index is 12.3. The number of amides is 1. The molecule has 2 heterocycles. The average Bonchev–Trinajstić information content (AvgIpc) is 3.22. The summed E-state index contributed by atoms with van der Waals surface area (Å²) in [7, 11) is 0. The Morgan fingerprint density at radius 3 is 2.45 bits per heavy atom. The van der Waals surface area contributed by atoms with Crippen LogP contribution >= 0.6 is 11.6 Å². The van der Waals surface area contributed by atoms with E-state index in [4.69, 9.17) is 16.3 Å². The standard InChI is InChI=1S/C25H20ClN3O2/c26-19-10-6-18(7-11-19)24-23-21(14-22(30)27-25(23)29-28-24)17-8-12-20(13-9-17)31-15-16-4-2-1-3-5-16/h1-13,21H,14-15H2,(H2,27,28,29,30). The number of nitrogens with one attached hydrogen (secondary N) is 2. The lowest BCUT2D eigenvalue weighted by atomic mass is 9.84. The molecule has 5 nitrogen and oxygen atoms in total. The first-order valence-electron chi connectivity index (χ1n) is 10.1. The van der Waals surface area contributed by atoms with E-state index in [1.54, 1.807) is 0 Å². The van der Waals surface area contributed by atoms with Crippen LogP contribution < -0.4 is 10.1 Å². The number of anilines is 1. The number of hydrogen-bond acceptors (Lipinski definition) is 3. The van der Waals surface area contributed by atoms with Gasteiger partial charge in [-0.3, -0.25) is 9.89 Å². The Labute approximate surface area is 185 Å². The number of carbonyl (C=O) groups is 1. The zero-order valence-electron chi connectivity index (χ0n) is 16.6. The number of H-pyrrole nitrogens is 1. The Morgan fingerprint density at radius 1 is 0.968 bits per heavy atom. The van der Waals surface area contributed by atoms with Crippen molar-refractivity contribution in [3.63, 3.8) is 0 Å². The molecule has 6 heteroatoms. The van der Waals surface area contributed by atoms with Gasteiger partial charge in [0.2, 0.25) is 5.91 Å². The van der Waals surface area contributed by atoms with Gasteiger partial charge in [-0.25, -0.2) is 0 Å². The van der Waals surface area contributed by atoms with E-state index in [2.05, 4.69) is 15.5 Å². The van der Waals surface area contributed by atoms with Gasteiger partial charge in [-0.15, -0.1) is 0 Å². The highest BCUT2D eigenvalue weighted by Gasteiger charge is 2.32. The van der Waals surface area contributed by atoms with Crippen molar-refractivity contribution in [2.45, 2.75) is 18.9 Å². The highest BCUT2D eigenvalue weighted by Crippen LogP contribution is 2.42. The molecule has 0 fully saturated rings. The maximum Gasteiger partial charge on any atom is 0.226 e. The first kappa shape index (κ1) is 19.4. The Hall–Kier alpha value is -3.57. The SMILES string of the molecule is O=C1CC(c2ccc(OCc3ccccc3)cc2)c2c(n[nH]c2-c2ccc(Cl)cc2)N1. The quantitative estimate of drug-likeness (QED) is 0.422. The number of nitrogens with zero attached hydrogens (tertiary/aromatic N) is 1. The summed E-state index contributed by atoms with van der Waals surface area (Å²) >= 11 is 6.05. The number of hydrogen-bond donors (Lipinski definition) is 2. The molecule has 1 unspecified atom stereocenters. The number of halogens is 1. The van der Waals surface area contributed by atoms with Crippen LogP contribution in [0, 0.1) is 0 Å². The molecule has 0 radical (unpaired) electrons. The molecule has 1 aliphatic heterocycles. The minimum atomic E-state index is -0.101. The topological polar surface area (TPSA) is 67.0 Å². The second kappa shape index (κ2) is 8.28. The van der Waals surface area contributed by atoms with Crippen molar-refractivity contribution >= 4 is 23.3 Å². The van der Waals surface area contributed by atoms with Crippen molar-refractivity contribution in [2.75, 3.05) is 5.32 Å². The Kier molecular flexibility index (Phi) is 5.18. The Morgan fingerprint density at radius 2 is 1.71 bits per heavy atom. The van der Waals surface area contributed by atoms with E-state index >= 15 is 0 Å². The van der Waals surface area contributed by atoms with Crippen LogP contribution in [-0.4, -0.2) is 16.1 Å². The van der Waals surface area contributed by atoms with E-state index < -0.39 is 0 Å². The summed E-state index contributed by atoms with van der Waals surface area (Å²) in [6.07, 6.45) is 0.358. The summed E-state index contributed by atoms with van der Waals surface area (Å²) in [5, 5.41) is 11.0. The van der Waals surface area contributed by atoms with Crippen LogP contribution in [0.3, 0.4) is 0 Å². The first-order chi connectivity index (χ1) is 15.2. The molecule has 0 saturated heterocycles. The lowest BCUT2D eigenvalue weighted by Crippen LogP contribution is -2.23. The number of aromatic nitrogens is 2. The third-order valence-electron chi connectivity index (χ3n) is 5.46. The van der Waals surface area contributed by atoms with Crippen LogP contribution in [0.4, 0.5) is 5.82 Å². The van der Waals surface area contributed by atoms with Gasteiger partial charge in [0.15, 0.2) is 5.82 Å². The van der Waals surface area contributed by atoms with Crippen LogP contribution in [0.15, 0.2) is 78.9 Å². The molecule has 2 N–H and O–H groups in total. The monoisotopic (exact) mass is 429 g/mol. The largest absolute Gasteiger partial charge is 0.489 e. The number of ether oxygens (including phenoxy) is 1. The van der Waals surface area contributed by atoms with E-state index in [9.17, 15) is 4.79 Å². The van der Waals surface area contributed by atoms with Gasteiger partial charge in [-0.05, 0) is 35.4 Å². The maximum absolute atomic E-state index is 12.3. The Balaban J connectivity index is 1.42. The summed E-state index contributed by atoms with van der Waals surface area (Å²) in [4.78, 5) is 12.3. The van der Waals surface area contributed by atoms with Gasteiger partial charge in [-0.2, -0.15) is 5.10 Å². The summed E-state index contributed by atoms with van der Waals surface area (Å²) in [5.74, 6) is 1.22. The molecular formula is C25H20ClN3O2. The smallest absolute Gasteiger partial charge is 0.226 e. The number of fused-ring (bicyclic) bond motifs is 1. The predicted octanol–water partition coefficient (Wildman–Crippen LogP) is 5.78. The number of carbonyl (C=O) groups excluding carboxylic acids is 1. The summed E-state index contributed by atoms with van der Waals surface area (Å²) in [6, 6.07) is 25.6. The molecule has 4 aromatic rings. The lowest BCUT2D eigenvalue weighted by molar-refractivity contribution is -0.116. The molecule has 1 amide bonds. The molecule has 3 aromatic carbocycles. The molecule has 1 atom stereocenters. The van der Waals surface area contributed by atoms with Crippen LogP contribution in [0.25, 0.3) is 11.3 Å². The fourth-order valence-electron chi connectivity index (χ4n) is 3.91. The van der Waals surface area contributed by atoms with Crippen LogP contribution in [0.2, 0.25) is 5.02 Å². The molecule has 5 rings (SSSR count). The summed E-state index contributed by atoms with van der Waals surface area (Å²) in [6.45, 7) is 0.513. The molecule has 0 saturated carbocycles. The summed E-state index contributed by atoms with van der Waals surface area (Å²) < 4.78 is 5.90. The van der Waals surface area contributed by atoms with Crippen molar-refractivity contribution in [3.8, 4) is 17.0 Å². The predicted molar refractivity (Wildman–Crippen MR) is 121 cm³/mol. The second-order valence-electron chi connectivity index (χ2n) is 7.52. The van der Waals surface area contributed by atoms with Crippen molar-refractivity contribution in [3.05, 3.63) is 101 Å². The average molecular weight is 430 g/mol. The van der Waals surface area contributed by atoms with Crippen molar-refractivity contribution in [2.24, 2.45) is 0 Å². The molecule has 154 valence electrons. The van der Waals surface area contributed by atoms with Gasteiger partial charge in [0, 0.05) is 28.5 Å². The first-order valence-corrected chi connectivity index (χ1v) is 10.5. The Bertz CT molecular complexity index is 1200. The third-order valence-corrected chi connectivity index (χ3v) is 5.72. The van der Waals surface area contributed by atoms with Gasteiger partial charge >= 0.3 is 0 Å². The van der Waals surface area contributed by atoms with Gasteiger partial charge in [0.05, 0.1) is 5.69 Å². The van der Waals surface area contributed by atoms with Gasteiger partial charge in [0.1, 0.15) is 12.4 Å². The van der Waals surface area contributed by atoms with E-state index in [0.29, 0.717) is 23.9 Å². The van der Waals surface area contributed by atoms with Gasteiger partial charge in [-0.1, -0.05) is 66.2 Å². The fraction of sp³-hybridized carbons (Fsp3) is 0.120. The molecule has 0 bridgehead atoms. The normalized spacial score (nSPS) is 15.3. The van der Waals surface area contributed by atoms with E-state index in [1.807, 2.05) is 78.9 Å². The van der Waals surface area contributed by atoms with Gasteiger partial charge in [0.25, 0.3) is 0 Å². The number of aromatic amines is 1. The highest BCUT2D eigenvalue weighted by molar-refractivity contribution is 6.30. The van der Waals surface area contributed by atoms with Crippen LogP contribution in [0.5, 0.6) is 5.75 Å². The molecular weight excluding hydrogens is 410 g/mol. The van der Waals surface area contributed by atoms with Crippen molar-refractivity contribution < 1.29 is 9.53 Å². The zero-order chi connectivity index (χ0) is 21.2. The molecule has 1 aliphatic rings. The minimum absolute atomic E-state index is 0.0453. The molecule has 0 spiro atoms. The minimum Gasteiger partial charge on any atom is -0.489 e. The number of rotatable bonds is 5. The van der Waals surface area contributed by atoms with Crippen LogP contribution in [-0.2, 0) is 11.4 Å². The second-order valence-corrected chi connectivity index (χ2v) is 7.95. The number of benzene rings is 3. The van der Waals surface area contributed by atoms with Crippen molar-refractivity contribution in [1.29, 1.82) is 0 Å². The molecule has 31 heavy (non-hydrogen) atoms. The van der Waals surface area contributed by atoms with E-state index in [0.717, 1.165) is 33.7 Å². The van der Waals surface area contributed by atoms with E-state index in [-0.39, 0.29) is 11.8 Å². The summed E-state index contributed by atoms with van der Waals surface area (Å²) in [5.41, 5.74) is 5.01. The van der Waals surface area contributed by atoms with Crippen LogP contribution in [0.1, 0.15) is 29.0 Å². The lowest BCUT2D eigenvalue weighted by Gasteiger charge is -2.23. The fourth-order valence-corrected chi connectivity index (χ4v) is 4.04. The zero-order valence-corrected chi connectivity index (χ0v) is 17.4.